The maximum atomic E-state index is 10.3. The van der Waals surface area contributed by atoms with Crippen LogP contribution in [0.2, 0.25) is 0 Å². The highest BCUT2D eigenvalue weighted by molar-refractivity contribution is 5.66. The summed E-state index contributed by atoms with van der Waals surface area (Å²) in [5.41, 5.74) is 0. The highest BCUT2D eigenvalue weighted by atomic mass is 16.4. The largest absolute Gasteiger partial charge is 0.481 e. The van der Waals surface area contributed by atoms with Crippen LogP contribution in [0.5, 0.6) is 0 Å². The van der Waals surface area contributed by atoms with Crippen LogP contribution in [0, 0.1) is 0 Å². The molecule has 0 aromatic carbocycles. The first-order chi connectivity index (χ1) is 19.9. The number of rotatable bonds is 31. The van der Waals surface area contributed by atoms with Crippen LogP contribution >= 0.6 is 0 Å². The molecule has 0 aliphatic carbocycles. The van der Waals surface area contributed by atoms with Gasteiger partial charge in [-0.05, 0) is 51.4 Å². The van der Waals surface area contributed by atoms with Gasteiger partial charge in [-0.1, -0.05) is 148 Å². The van der Waals surface area contributed by atoms with Gasteiger partial charge in [-0.2, -0.15) is 0 Å². The van der Waals surface area contributed by atoms with Crippen molar-refractivity contribution in [2.45, 2.75) is 206 Å². The number of aliphatic hydroxyl groups excluding tert-OH is 1. The van der Waals surface area contributed by atoms with Crippen molar-refractivity contribution in [1.29, 1.82) is 0 Å². The fourth-order valence-electron chi connectivity index (χ4n) is 5.01. The molecule has 0 bridgehead atoms. The lowest BCUT2D eigenvalue weighted by Crippen LogP contribution is -2.05. The molecule has 0 aliphatic rings. The van der Waals surface area contributed by atoms with Gasteiger partial charge in [0.25, 0.3) is 0 Å². The molecule has 0 aromatic rings. The monoisotopic (exact) mass is 583 g/mol. The highest BCUT2D eigenvalue weighted by Gasteiger charge is 2.04. The highest BCUT2D eigenvalue weighted by Crippen LogP contribution is 2.14. The Balaban J connectivity index is 0. The van der Waals surface area contributed by atoms with Gasteiger partial charge in [-0.15, -0.1) is 0 Å². The average molecular weight is 583 g/mol. The number of carboxylic acids is 2. The van der Waals surface area contributed by atoms with E-state index in [1.54, 1.807) is 0 Å². The zero-order chi connectivity index (χ0) is 30.7. The molecule has 0 fully saturated rings. The van der Waals surface area contributed by atoms with Crippen LogP contribution in [0.1, 0.15) is 200 Å². The predicted octanol–water partition coefficient (Wildman–Crippen LogP) is 11.4. The normalized spacial score (nSPS) is 11.9. The zero-order valence-corrected chi connectivity index (χ0v) is 27.4. The van der Waals surface area contributed by atoms with Crippen LogP contribution in [-0.2, 0) is 9.59 Å². The van der Waals surface area contributed by atoms with E-state index < -0.39 is 11.9 Å². The Bertz CT molecular complexity index is 560. The minimum absolute atomic E-state index is 0.108. The van der Waals surface area contributed by atoms with Gasteiger partial charge < -0.3 is 15.3 Å². The maximum Gasteiger partial charge on any atom is 0.303 e. The third-order valence-electron chi connectivity index (χ3n) is 7.72. The van der Waals surface area contributed by atoms with E-state index in [9.17, 15) is 14.7 Å². The Hall–Kier alpha value is -1.36. The Kier molecular flexibility index (Phi) is 37.4. The fourth-order valence-corrected chi connectivity index (χ4v) is 5.01. The van der Waals surface area contributed by atoms with E-state index in [0.29, 0.717) is 12.8 Å². The topological polar surface area (TPSA) is 94.8 Å². The van der Waals surface area contributed by atoms with Gasteiger partial charge in [0.1, 0.15) is 0 Å². The van der Waals surface area contributed by atoms with Gasteiger partial charge in [-0.3, -0.25) is 9.59 Å². The van der Waals surface area contributed by atoms with Gasteiger partial charge in [0.2, 0.25) is 0 Å². The van der Waals surface area contributed by atoms with Crippen molar-refractivity contribution in [3.63, 3.8) is 0 Å². The van der Waals surface area contributed by atoms with E-state index in [4.69, 9.17) is 10.2 Å². The molecule has 0 aliphatic heterocycles. The van der Waals surface area contributed by atoms with Crippen LogP contribution in [0.3, 0.4) is 0 Å². The second-order valence-corrected chi connectivity index (χ2v) is 12.0. The van der Waals surface area contributed by atoms with E-state index in [0.717, 1.165) is 51.4 Å². The van der Waals surface area contributed by atoms with Crippen LogP contribution in [0.15, 0.2) is 12.2 Å². The molecule has 5 nitrogen and oxygen atoms in total. The van der Waals surface area contributed by atoms with Crippen LogP contribution < -0.4 is 0 Å². The van der Waals surface area contributed by atoms with Crippen molar-refractivity contribution >= 4 is 11.9 Å². The first-order valence-electron chi connectivity index (χ1n) is 17.7. The molecule has 0 rings (SSSR count). The molecule has 0 aromatic heterocycles. The Morgan fingerprint density at radius 1 is 0.463 bits per heavy atom. The Morgan fingerprint density at radius 2 is 0.756 bits per heavy atom. The molecule has 244 valence electrons. The van der Waals surface area contributed by atoms with Gasteiger partial charge >= 0.3 is 11.9 Å². The van der Waals surface area contributed by atoms with Crippen molar-refractivity contribution in [2.75, 3.05) is 0 Å². The van der Waals surface area contributed by atoms with Crippen molar-refractivity contribution in [2.24, 2.45) is 0 Å². The first-order valence-corrected chi connectivity index (χ1v) is 17.7. The fraction of sp³-hybridized carbons (Fsp3) is 0.889. The summed E-state index contributed by atoms with van der Waals surface area (Å²) in [6.07, 6.45) is 37.4. The molecule has 0 heterocycles. The summed E-state index contributed by atoms with van der Waals surface area (Å²) in [5.74, 6) is -1.35. The molecule has 0 radical (unpaired) electrons. The first kappa shape index (κ1) is 41.8. The molecule has 0 saturated heterocycles. The van der Waals surface area contributed by atoms with Crippen LogP contribution in [-0.4, -0.2) is 33.4 Å². The zero-order valence-electron chi connectivity index (χ0n) is 27.4. The number of carboxylic acid groups (broad SMARTS) is 2. The minimum atomic E-state index is -0.687. The molecule has 0 amide bonds. The summed E-state index contributed by atoms with van der Waals surface area (Å²) >= 11 is 0. The van der Waals surface area contributed by atoms with Crippen molar-refractivity contribution < 1.29 is 24.9 Å². The quantitative estimate of drug-likeness (QED) is 0.0558. The Morgan fingerprint density at radius 3 is 1.10 bits per heavy atom. The molecule has 1 unspecified atom stereocenters. The summed E-state index contributed by atoms with van der Waals surface area (Å²) in [7, 11) is 0. The van der Waals surface area contributed by atoms with Gasteiger partial charge in [0.05, 0.1) is 6.10 Å². The summed E-state index contributed by atoms with van der Waals surface area (Å²) in [6, 6.07) is 0. The summed E-state index contributed by atoms with van der Waals surface area (Å²) in [6.45, 7) is 4.49. The van der Waals surface area contributed by atoms with E-state index in [2.05, 4.69) is 26.0 Å². The van der Waals surface area contributed by atoms with Crippen molar-refractivity contribution in [3.8, 4) is 0 Å². The summed E-state index contributed by atoms with van der Waals surface area (Å²) in [4.78, 5) is 20.7. The van der Waals surface area contributed by atoms with E-state index in [1.165, 1.54) is 122 Å². The number of aliphatic hydroxyl groups is 1. The molecule has 3 N–H and O–H groups in total. The molecule has 5 heteroatoms. The van der Waals surface area contributed by atoms with Gasteiger partial charge in [-0.25, -0.2) is 0 Å². The minimum Gasteiger partial charge on any atom is -0.481 e. The molecule has 0 spiro atoms. The number of hydrogen-bond donors (Lipinski definition) is 3. The standard InChI is InChI=1S/C18H36O3.C18H34O2/c1-2-3-4-5-8-11-14-17(19)15-12-9-6-7-10-13-16-18(20)21;1-2-3-4-5-6-7-8-9-10-11-12-13-14-15-16-17-18(19)20/h17,19H,2-16H2,1H3,(H,20,21);9-10H,2-8,11-17H2,1H3,(H,19,20). The van der Waals surface area contributed by atoms with E-state index >= 15 is 0 Å². The van der Waals surface area contributed by atoms with Crippen molar-refractivity contribution in [3.05, 3.63) is 12.2 Å². The summed E-state index contributed by atoms with van der Waals surface area (Å²) in [5, 5.41) is 26.9. The third-order valence-corrected chi connectivity index (χ3v) is 7.72. The molecular formula is C36H70O5. The van der Waals surface area contributed by atoms with Gasteiger partial charge in [0, 0.05) is 12.8 Å². The SMILES string of the molecule is CCCCCCCCC(O)CCCCCCCCC(=O)O.CCCCCCCCC=CCCCCCCCC(=O)O. The van der Waals surface area contributed by atoms with Crippen LogP contribution in [0.4, 0.5) is 0 Å². The summed E-state index contributed by atoms with van der Waals surface area (Å²) < 4.78 is 0. The number of unbranched alkanes of at least 4 members (excludes halogenated alkanes) is 21. The average Bonchev–Trinajstić information content (AvgIpc) is 2.94. The van der Waals surface area contributed by atoms with E-state index in [-0.39, 0.29) is 6.10 Å². The van der Waals surface area contributed by atoms with Crippen LogP contribution in [0.25, 0.3) is 0 Å². The predicted molar refractivity (Wildman–Crippen MR) is 176 cm³/mol. The van der Waals surface area contributed by atoms with E-state index in [1.807, 2.05) is 0 Å². The number of carbonyl (C=O) groups is 2. The number of aliphatic carboxylic acids is 2. The molecule has 0 saturated carbocycles. The smallest absolute Gasteiger partial charge is 0.303 e. The molecule has 1 atom stereocenters. The number of allylic oxidation sites excluding steroid dienone is 2. The lowest BCUT2D eigenvalue weighted by Gasteiger charge is -2.10. The number of hydrogen-bond acceptors (Lipinski definition) is 3. The Labute approximate surface area is 255 Å². The lowest BCUT2D eigenvalue weighted by molar-refractivity contribution is -0.138. The molecule has 41 heavy (non-hydrogen) atoms. The second-order valence-electron chi connectivity index (χ2n) is 12.0. The molecular weight excluding hydrogens is 512 g/mol. The second kappa shape index (κ2) is 36.7. The van der Waals surface area contributed by atoms with Crippen molar-refractivity contribution in [1.82, 2.24) is 0 Å². The van der Waals surface area contributed by atoms with Gasteiger partial charge in [0.15, 0.2) is 0 Å². The maximum absolute atomic E-state index is 10.3. The third kappa shape index (κ3) is 43.2. The lowest BCUT2D eigenvalue weighted by atomic mass is 10.0.